The summed E-state index contributed by atoms with van der Waals surface area (Å²) in [7, 11) is 1.69. The first-order valence-corrected chi connectivity index (χ1v) is 7.35. The SMILES string of the molecule is COc1ccc(CCN2Cc3ccc(CO)cc3C2)cc1. The van der Waals surface area contributed by atoms with E-state index in [9.17, 15) is 5.11 Å². The van der Waals surface area contributed by atoms with Crippen LogP contribution in [0.3, 0.4) is 0 Å². The zero-order valence-electron chi connectivity index (χ0n) is 12.4. The van der Waals surface area contributed by atoms with E-state index in [2.05, 4.69) is 29.2 Å². The number of benzene rings is 2. The zero-order chi connectivity index (χ0) is 14.7. The summed E-state index contributed by atoms with van der Waals surface area (Å²) < 4.78 is 5.18. The van der Waals surface area contributed by atoms with Crippen molar-refractivity contribution in [3.63, 3.8) is 0 Å². The van der Waals surface area contributed by atoms with Crippen molar-refractivity contribution < 1.29 is 9.84 Å². The molecule has 1 aliphatic heterocycles. The molecule has 0 aliphatic carbocycles. The van der Waals surface area contributed by atoms with E-state index in [1.165, 1.54) is 16.7 Å². The summed E-state index contributed by atoms with van der Waals surface area (Å²) in [5.41, 5.74) is 5.09. The van der Waals surface area contributed by atoms with Crippen molar-refractivity contribution >= 4 is 0 Å². The Bertz CT molecular complexity index is 607. The Morgan fingerprint density at radius 2 is 1.71 bits per heavy atom. The van der Waals surface area contributed by atoms with Gasteiger partial charge in [0.1, 0.15) is 5.75 Å². The normalized spacial score (nSPS) is 14.2. The van der Waals surface area contributed by atoms with Crippen LogP contribution in [-0.2, 0) is 26.1 Å². The van der Waals surface area contributed by atoms with E-state index >= 15 is 0 Å². The van der Waals surface area contributed by atoms with E-state index in [1.54, 1.807) is 7.11 Å². The predicted molar refractivity (Wildman–Crippen MR) is 83.2 cm³/mol. The second kappa shape index (κ2) is 6.29. The molecule has 0 saturated carbocycles. The molecular weight excluding hydrogens is 262 g/mol. The van der Waals surface area contributed by atoms with Gasteiger partial charge in [-0.05, 0) is 40.8 Å². The van der Waals surface area contributed by atoms with E-state index in [4.69, 9.17) is 4.74 Å². The minimum absolute atomic E-state index is 0.124. The lowest BCUT2D eigenvalue weighted by molar-refractivity contribution is 0.281. The summed E-state index contributed by atoms with van der Waals surface area (Å²) in [4.78, 5) is 2.45. The maximum atomic E-state index is 9.21. The second-order valence-electron chi connectivity index (χ2n) is 5.57. The van der Waals surface area contributed by atoms with Gasteiger partial charge >= 0.3 is 0 Å². The number of methoxy groups -OCH3 is 1. The van der Waals surface area contributed by atoms with Crippen LogP contribution in [0.5, 0.6) is 5.75 Å². The van der Waals surface area contributed by atoms with Crippen LogP contribution in [0.25, 0.3) is 0 Å². The van der Waals surface area contributed by atoms with Gasteiger partial charge in [0.2, 0.25) is 0 Å². The third kappa shape index (κ3) is 3.26. The predicted octanol–water partition coefficient (Wildman–Crippen LogP) is 2.75. The van der Waals surface area contributed by atoms with E-state index in [0.29, 0.717) is 0 Å². The highest BCUT2D eigenvalue weighted by molar-refractivity contribution is 5.34. The van der Waals surface area contributed by atoms with Crippen molar-refractivity contribution in [2.45, 2.75) is 26.1 Å². The van der Waals surface area contributed by atoms with Crippen molar-refractivity contribution in [1.29, 1.82) is 0 Å². The average Bonchev–Trinajstić information content (AvgIpc) is 2.95. The molecule has 0 fully saturated rings. The average molecular weight is 283 g/mol. The largest absolute Gasteiger partial charge is 0.497 e. The summed E-state index contributed by atoms with van der Waals surface area (Å²) in [5.74, 6) is 0.906. The summed E-state index contributed by atoms with van der Waals surface area (Å²) in [6, 6.07) is 14.6. The van der Waals surface area contributed by atoms with Crippen LogP contribution in [0.15, 0.2) is 42.5 Å². The smallest absolute Gasteiger partial charge is 0.118 e. The van der Waals surface area contributed by atoms with Gasteiger partial charge in [0.15, 0.2) is 0 Å². The van der Waals surface area contributed by atoms with Crippen LogP contribution in [0, 0.1) is 0 Å². The molecule has 3 nitrogen and oxygen atoms in total. The van der Waals surface area contributed by atoms with Gasteiger partial charge in [0, 0.05) is 19.6 Å². The third-order valence-corrected chi connectivity index (χ3v) is 4.12. The summed E-state index contributed by atoms with van der Waals surface area (Å²) in [6.07, 6.45) is 1.05. The fourth-order valence-corrected chi connectivity index (χ4v) is 2.85. The molecule has 1 heterocycles. The number of hydrogen-bond donors (Lipinski definition) is 1. The van der Waals surface area contributed by atoms with E-state index in [-0.39, 0.29) is 6.61 Å². The summed E-state index contributed by atoms with van der Waals surface area (Å²) >= 11 is 0. The molecule has 3 heteroatoms. The molecule has 0 unspecified atom stereocenters. The number of fused-ring (bicyclic) bond motifs is 1. The number of hydrogen-bond acceptors (Lipinski definition) is 3. The summed E-state index contributed by atoms with van der Waals surface area (Å²) in [5, 5.41) is 9.21. The monoisotopic (exact) mass is 283 g/mol. The number of rotatable bonds is 5. The van der Waals surface area contributed by atoms with Gasteiger partial charge in [0.25, 0.3) is 0 Å². The van der Waals surface area contributed by atoms with Crippen molar-refractivity contribution in [2.75, 3.05) is 13.7 Å². The van der Waals surface area contributed by atoms with Crippen LogP contribution >= 0.6 is 0 Å². The van der Waals surface area contributed by atoms with Crippen LogP contribution in [0.1, 0.15) is 22.3 Å². The van der Waals surface area contributed by atoms with Crippen molar-refractivity contribution in [1.82, 2.24) is 4.90 Å². The fraction of sp³-hybridized carbons (Fsp3) is 0.333. The highest BCUT2D eigenvalue weighted by atomic mass is 16.5. The first-order chi connectivity index (χ1) is 10.3. The van der Waals surface area contributed by atoms with Gasteiger partial charge < -0.3 is 9.84 Å². The molecule has 0 radical (unpaired) electrons. The molecule has 0 saturated heterocycles. The molecule has 0 bridgehead atoms. The molecule has 1 aliphatic rings. The van der Waals surface area contributed by atoms with Crippen molar-refractivity contribution in [3.05, 3.63) is 64.7 Å². The Morgan fingerprint density at radius 3 is 2.43 bits per heavy atom. The summed E-state index contributed by atoms with van der Waals surface area (Å²) in [6.45, 7) is 3.17. The first kappa shape index (κ1) is 14.1. The molecule has 2 aromatic rings. The molecular formula is C18H21NO2. The lowest BCUT2D eigenvalue weighted by atomic mass is 10.1. The van der Waals surface area contributed by atoms with Crippen LogP contribution in [0.2, 0.25) is 0 Å². The Labute approximate surface area is 125 Å². The Hall–Kier alpha value is -1.84. The number of nitrogens with zero attached hydrogens (tertiary/aromatic N) is 1. The van der Waals surface area contributed by atoms with Gasteiger partial charge in [-0.25, -0.2) is 0 Å². The van der Waals surface area contributed by atoms with E-state index in [0.717, 1.165) is 37.4 Å². The molecule has 110 valence electrons. The highest BCUT2D eigenvalue weighted by Gasteiger charge is 2.18. The van der Waals surface area contributed by atoms with Crippen LogP contribution in [-0.4, -0.2) is 23.7 Å². The molecule has 0 aromatic heterocycles. The lowest BCUT2D eigenvalue weighted by Gasteiger charge is -2.14. The highest BCUT2D eigenvalue weighted by Crippen LogP contribution is 2.24. The van der Waals surface area contributed by atoms with Gasteiger partial charge in [0.05, 0.1) is 13.7 Å². The maximum Gasteiger partial charge on any atom is 0.118 e. The topological polar surface area (TPSA) is 32.7 Å². The van der Waals surface area contributed by atoms with Gasteiger partial charge in [-0.2, -0.15) is 0 Å². The second-order valence-corrected chi connectivity index (χ2v) is 5.57. The van der Waals surface area contributed by atoms with Gasteiger partial charge in [-0.1, -0.05) is 30.3 Å². The van der Waals surface area contributed by atoms with Gasteiger partial charge in [-0.3, -0.25) is 4.90 Å². The van der Waals surface area contributed by atoms with Crippen molar-refractivity contribution in [2.24, 2.45) is 0 Å². The maximum absolute atomic E-state index is 9.21. The fourth-order valence-electron chi connectivity index (χ4n) is 2.85. The van der Waals surface area contributed by atoms with E-state index < -0.39 is 0 Å². The standard InChI is InChI=1S/C18H21NO2/c1-21-18-6-3-14(4-7-18)8-9-19-11-16-5-2-15(13-20)10-17(16)12-19/h2-7,10,20H,8-9,11-13H2,1H3. The van der Waals surface area contributed by atoms with Crippen molar-refractivity contribution in [3.8, 4) is 5.75 Å². The molecule has 2 aromatic carbocycles. The minimum Gasteiger partial charge on any atom is -0.497 e. The first-order valence-electron chi connectivity index (χ1n) is 7.35. The van der Waals surface area contributed by atoms with Gasteiger partial charge in [-0.15, -0.1) is 0 Å². The number of aliphatic hydroxyl groups is 1. The molecule has 0 spiro atoms. The molecule has 0 atom stereocenters. The number of aliphatic hydroxyl groups excluding tert-OH is 1. The Balaban J connectivity index is 1.57. The molecule has 1 N–H and O–H groups in total. The quantitative estimate of drug-likeness (QED) is 0.916. The molecule has 3 rings (SSSR count). The zero-order valence-corrected chi connectivity index (χ0v) is 12.4. The molecule has 21 heavy (non-hydrogen) atoms. The third-order valence-electron chi connectivity index (χ3n) is 4.12. The minimum atomic E-state index is 0.124. The molecule has 0 amide bonds. The Kier molecular flexibility index (Phi) is 4.23. The van der Waals surface area contributed by atoms with E-state index in [1.807, 2.05) is 18.2 Å². The van der Waals surface area contributed by atoms with Crippen LogP contribution in [0.4, 0.5) is 0 Å². The Morgan fingerprint density at radius 1 is 1.00 bits per heavy atom. The lowest BCUT2D eigenvalue weighted by Crippen LogP contribution is -2.19. The number of ether oxygens (including phenoxy) is 1. The van der Waals surface area contributed by atoms with Crippen LogP contribution < -0.4 is 4.74 Å².